The van der Waals surface area contributed by atoms with Crippen LogP contribution < -0.4 is 16.4 Å². The first-order valence-electron chi connectivity index (χ1n) is 7.49. The van der Waals surface area contributed by atoms with E-state index in [1.165, 1.54) is 7.11 Å². The molecule has 1 atom stereocenters. The van der Waals surface area contributed by atoms with E-state index in [-0.39, 0.29) is 0 Å². The zero-order chi connectivity index (χ0) is 16.5. The second-order valence-electron chi connectivity index (χ2n) is 5.03. The minimum Gasteiger partial charge on any atom is -0.385 e. The lowest BCUT2D eigenvalue weighted by atomic mass is 10.1. The van der Waals surface area contributed by atoms with E-state index in [0.717, 1.165) is 29.7 Å². The standard InChI is InChI=1S/C16H25N3O3/c1-4-11-6-7-12(5-2)14(10-11)19-16(21)18-13(15(17)20)8-9-22-3/h6-7,10,13H,4-5,8-9H2,1-3H3,(H2,17,20)(H2,18,19,21)/t13-/m1/s1. The summed E-state index contributed by atoms with van der Waals surface area (Å²) >= 11 is 0. The van der Waals surface area contributed by atoms with Crippen LogP contribution in [0, 0.1) is 0 Å². The van der Waals surface area contributed by atoms with E-state index >= 15 is 0 Å². The fourth-order valence-electron chi connectivity index (χ4n) is 2.11. The number of anilines is 1. The highest BCUT2D eigenvalue weighted by molar-refractivity contribution is 5.94. The first kappa shape index (κ1) is 18.0. The first-order chi connectivity index (χ1) is 10.5. The SMILES string of the molecule is CCc1ccc(CC)c(NC(=O)N[C@H](CCOC)C(N)=O)c1. The summed E-state index contributed by atoms with van der Waals surface area (Å²) < 4.78 is 4.91. The molecule has 1 aromatic carbocycles. The van der Waals surface area contributed by atoms with Gasteiger partial charge in [0.1, 0.15) is 6.04 Å². The molecule has 0 bridgehead atoms. The van der Waals surface area contributed by atoms with Crippen LogP contribution in [0.4, 0.5) is 10.5 Å². The van der Waals surface area contributed by atoms with Crippen LogP contribution in [0.15, 0.2) is 18.2 Å². The maximum Gasteiger partial charge on any atom is 0.319 e. The number of ether oxygens (including phenoxy) is 1. The molecule has 0 saturated carbocycles. The summed E-state index contributed by atoms with van der Waals surface area (Å²) in [5.41, 5.74) is 8.22. The highest BCUT2D eigenvalue weighted by atomic mass is 16.5. The third kappa shape index (κ3) is 5.37. The molecule has 0 unspecified atom stereocenters. The van der Waals surface area contributed by atoms with Crippen LogP contribution in [0.1, 0.15) is 31.4 Å². The summed E-state index contributed by atoms with van der Waals surface area (Å²) in [6.07, 6.45) is 2.04. The van der Waals surface area contributed by atoms with Crippen molar-refractivity contribution in [2.24, 2.45) is 5.73 Å². The maximum atomic E-state index is 12.1. The monoisotopic (exact) mass is 307 g/mol. The Labute approximate surface area is 131 Å². The summed E-state index contributed by atoms with van der Waals surface area (Å²) in [5.74, 6) is -0.578. The Kier molecular flexibility index (Phi) is 7.39. The zero-order valence-electron chi connectivity index (χ0n) is 13.4. The van der Waals surface area contributed by atoms with Crippen LogP contribution in [0.3, 0.4) is 0 Å². The van der Waals surface area contributed by atoms with Crippen LogP contribution in [0.5, 0.6) is 0 Å². The lowest BCUT2D eigenvalue weighted by Gasteiger charge is -2.17. The molecule has 0 heterocycles. The zero-order valence-corrected chi connectivity index (χ0v) is 13.4. The fourth-order valence-corrected chi connectivity index (χ4v) is 2.11. The van der Waals surface area contributed by atoms with Crippen molar-refractivity contribution in [3.05, 3.63) is 29.3 Å². The Morgan fingerprint density at radius 1 is 1.27 bits per heavy atom. The summed E-state index contributed by atoms with van der Waals surface area (Å²) in [5, 5.41) is 5.38. The third-order valence-corrected chi connectivity index (χ3v) is 3.47. The molecule has 0 spiro atoms. The minimum atomic E-state index is -0.751. The molecule has 1 aromatic rings. The van der Waals surface area contributed by atoms with Crippen LogP contribution in [-0.2, 0) is 22.4 Å². The van der Waals surface area contributed by atoms with E-state index in [9.17, 15) is 9.59 Å². The second kappa shape index (κ2) is 9.04. The molecule has 3 amide bonds. The minimum absolute atomic E-state index is 0.342. The van der Waals surface area contributed by atoms with Crippen molar-refractivity contribution in [1.29, 1.82) is 0 Å². The van der Waals surface area contributed by atoms with Gasteiger partial charge in [-0.2, -0.15) is 0 Å². The number of urea groups is 1. The van der Waals surface area contributed by atoms with Crippen LogP contribution in [0.25, 0.3) is 0 Å². The van der Waals surface area contributed by atoms with E-state index in [2.05, 4.69) is 17.6 Å². The molecule has 0 aromatic heterocycles. The lowest BCUT2D eigenvalue weighted by molar-refractivity contribution is -0.120. The maximum absolute atomic E-state index is 12.1. The van der Waals surface area contributed by atoms with Gasteiger partial charge in [0, 0.05) is 19.4 Å². The number of amides is 3. The predicted octanol–water partition coefficient (Wildman–Crippen LogP) is 1.82. The number of carbonyl (C=O) groups is 2. The molecule has 6 nitrogen and oxygen atoms in total. The normalized spacial score (nSPS) is 11.8. The Morgan fingerprint density at radius 3 is 2.55 bits per heavy atom. The number of benzene rings is 1. The Morgan fingerprint density at radius 2 is 2.00 bits per heavy atom. The summed E-state index contributed by atoms with van der Waals surface area (Å²) in [4.78, 5) is 23.4. The van der Waals surface area contributed by atoms with Crippen molar-refractivity contribution in [2.75, 3.05) is 19.0 Å². The topological polar surface area (TPSA) is 93.4 Å². The highest BCUT2D eigenvalue weighted by Gasteiger charge is 2.18. The number of aryl methyl sites for hydroxylation is 2. The number of nitrogens with one attached hydrogen (secondary N) is 2. The molecule has 4 N–H and O–H groups in total. The molecule has 0 radical (unpaired) electrons. The van der Waals surface area contributed by atoms with Crippen molar-refractivity contribution >= 4 is 17.6 Å². The third-order valence-electron chi connectivity index (χ3n) is 3.47. The van der Waals surface area contributed by atoms with Crippen LogP contribution in [0.2, 0.25) is 0 Å². The van der Waals surface area contributed by atoms with Gasteiger partial charge in [-0.25, -0.2) is 4.79 Å². The van der Waals surface area contributed by atoms with Crippen molar-refractivity contribution in [3.63, 3.8) is 0 Å². The molecule has 0 aliphatic rings. The summed E-state index contributed by atoms with van der Waals surface area (Å²) in [6.45, 7) is 4.42. The Bertz CT molecular complexity index is 517. The molecule has 1 rings (SSSR count). The largest absolute Gasteiger partial charge is 0.385 e. The van der Waals surface area contributed by atoms with Crippen molar-refractivity contribution in [3.8, 4) is 0 Å². The molecule has 0 aliphatic carbocycles. The van der Waals surface area contributed by atoms with E-state index in [1.807, 2.05) is 25.1 Å². The molecule has 0 aliphatic heterocycles. The summed E-state index contributed by atoms with van der Waals surface area (Å²) in [7, 11) is 1.53. The molecular formula is C16H25N3O3. The van der Waals surface area contributed by atoms with Gasteiger partial charge in [-0.15, -0.1) is 0 Å². The summed E-state index contributed by atoms with van der Waals surface area (Å²) in [6, 6.07) is 4.81. The van der Waals surface area contributed by atoms with Crippen molar-refractivity contribution in [2.45, 2.75) is 39.2 Å². The van der Waals surface area contributed by atoms with Gasteiger partial charge in [0.2, 0.25) is 5.91 Å². The lowest BCUT2D eigenvalue weighted by Crippen LogP contribution is -2.46. The quantitative estimate of drug-likeness (QED) is 0.684. The predicted molar refractivity (Wildman–Crippen MR) is 86.8 cm³/mol. The van der Waals surface area contributed by atoms with Gasteiger partial charge in [-0.1, -0.05) is 26.0 Å². The van der Waals surface area contributed by atoms with Crippen molar-refractivity contribution < 1.29 is 14.3 Å². The first-order valence-corrected chi connectivity index (χ1v) is 7.49. The molecule has 6 heteroatoms. The van der Waals surface area contributed by atoms with Gasteiger partial charge < -0.3 is 21.1 Å². The Balaban J connectivity index is 2.76. The number of hydrogen-bond acceptors (Lipinski definition) is 3. The smallest absolute Gasteiger partial charge is 0.319 e. The fraction of sp³-hybridized carbons (Fsp3) is 0.500. The van der Waals surface area contributed by atoms with Gasteiger partial charge in [-0.05, 0) is 36.5 Å². The van der Waals surface area contributed by atoms with Gasteiger partial charge in [0.25, 0.3) is 0 Å². The van der Waals surface area contributed by atoms with E-state index in [4.69, 9.17) is 10.5 Å². The van der Waals surface area contributed by atoms with Gasteiger partial charge in [0.05, 0.1) is 0 Å². The number of methoxy groups -OCH3 is 1. The average Bonchev–Trinajstić information content (AvgIpc) is 2.50. The highest BCUT2D eigenvalue weighted by Crippen LogP contribution is 2.19. The molecule has 0 fully saturated rings. The second-order valence-corrected chi connectivity index (χ2v) is 5.03. The van der Waals surface area contributed by atoms with E-state index in [0.29, 0.717) is 13.0 Å². The number of rotatable bonds is 8. The molecule has 22 heavy (non-hydrogen) atoms. The number of carbonyl (C=O) groups excluding carboxylic acids is 2. The molecule has 122 valence electrons. The van der Waals surface area contributed by atoms with Gasteiger partial charge in [-0.3, -0.25) is 4.79 Å². The number of hydrogen-bond donors (Lipinski definition) is 3. The van der Waals surface area contributed by atoms with Crippen molar-refractivity contribution in [1.82, 2.24) is 5.32 Å². The van der Waals surface area contributed by atoms with Crippen LogP contribution in [-0.4, -0.2) is 31.7 Å². The van der Waals surface area contributed by atoms with Gasteiger partial charge in [0.15, 0.2) is 0 Å². The number of primary amides is 1. The van der Waals surface area contributed by atoms with Gasteiger partial charge >= 0.3 is 6.03 Å². The average molecular weight is 307 g/mol. The van der Waals surface area contributed by atoms with E-state index in [1.54, 1.807) is 0 Å². The Hall–Kier alpha value is -2.08. The molecular weight excluding hydrogens is 282 g/mol. The van der Waals surface area contributed by atoms with Crippen LogP contribution >= 0.6 is 0 Å². The molecule has 0 saturated heterocycles. The van der Waals surface area contributed by atoms with E-state index < -0.39 is 18.0 Å². The number of nitrogens with two attached hydrogens (primary N) is 1.